The second kappa shape index (κ2) is 6.11. The first-order valence-electron chi connectivity index (χ1n) is 8.41. The predicted octanol–water partition coefficient (Wildman–Crippen LogP) is 5.24. The maximum absolute atomic E-state index is 14.0. The minimum Gasteiger partial charge on any atom is -0.382 e. The van der Waals surface area contributed by atoms with Gasteiger partial charge in [-0.15, -0.1) is 0 Å². The van der Waals surface area contributed by atoms with Crippen molar-refractivity contribution in [3.63, 3.8) is 0 Å². The van der Waals surface area contributed by atoms with Crippen LogP contribution in [0.25, 0.3) is 6.08 Å². The van der Waals surface area contributed by atoms with Gasteiger partial charge in [-0.25, -0.2) is 0 Å². The van der Waals surface area contributed by atoms with E-state index in [1.165, 1.54) is 43.4 Å². The Bertz CT molecular complexity index is 557. The van der Waals surface area contributed by atoms with E-state index in [2.05, 4.69) is 6.92 Å². The molecular weight excluding hydrogens is 282 g/mol. The van der Waals surface area contributed by atoms with Crippen molar-refractivity contribution in [3.05, 3.63) is 41.0 Å². The van der Waals surface area contributed by atoms with Crippen molar-refractivity contribution >= 4 is 6.08 Å². The van der Waals surface area contributed by atoms with Crippen LogP contribution >= 0.6 is 0 Å². The molecule has 0 aromatic heterocycles. The summed E-state index contributed by atoms with van der Waals surface area (Å²) in [6, 6.07) is 5.25. The lowest BCUT2D eigenvalue weighted by molar-refractivity contribution is -0.0940. The van der Waals surface area contributed by atoms with Crippen LogP contribution < -0.4 is 0 Å². The standard InChI is InChI=1S/C19H24F2O/c1-2-3-13-4-6-14(7-5-13)15-8-10-17-16(12-15)9-11-18(22)19(17,20)21/h8-14,18,22H,2-7H2,1H3. The lowest BCUT2D eigenvalue weighted by Gasteiger charge is -2.30. The molecule has 0 radical (unpaired) electrons. The first-order chi connectivity index (χ1) is 10.5. The molecule has 1 atom stereocenters. The maximum atomic E-state index is 14.0. The van der Waals surface area contributed by atoms with Crippen molar-refractivity contribution in [3.8, 4) is 0 Å². The predicted molar refractivity (Wildman–Crippen MR) is 85.0 cm³/mol. The second-order valence-electron chi connectivity index (χ2n) is 6.78. The van der Waals surface area contributed by atoms with Crippen LogP contribution in [0, 0.1) is 5.92 Å². The molecular formula is C19H24F2O. The lowest BCUT2D eigenvalue weighted by Crippen LogP contribution is -2.32. The van der Waals surface area contributed by atoms with E-state index in [1.54, 1.807) is 6.08 Å². The summed E-state index contributed by atoms with van der Waals surface area (Å²) in [5, 5.41) is 9.44. The summed E-state index contributed by atoms with van der Waals surface area (Å²) in [6.45, 7) is 2.23. The molecule has 1 N–H and O–H groups in total. The minimum atomic E-state index is -3.18. The smallest absolute Gasteiger partial charge is 0.302 e. The van der Waals surface area contributed by atoms with Gasteiger partial charge in [0.25, 0.3) is 0 Å². The molecule has 0 spiro atoms. The zero-order valence-electron chi connectivity index (χ0n) is 13.1. The summed E-state index contributed by atoms with van der Waals surface area (Å²) in [5.74, 6) is -1.84. The molecule has 0 heterocycles. The number of aliphatic hydroxyl groups is 1. The van der Waals surface area contributed by atoms with E-state index in [0.717, 1.165) is 18.8 Å². The molecule has 1 fully saturated rings. The van der Waals surface area contributed by atoms with Crippen LogP contribution in [0.15, 0.2) is 24.3 Å². The Morgan fingerprint density at radius 1 is 1.18 bits per heavy atom. The van der Waals surface area contributed by atoms with E-state index < -0.39 is 12.0 Å². The summed E-state index contributed by atoms with van der Waals surface area (Å²) in [4.78, 5) is 0. The summed E-state index contributed by atoms with van der Waals surface area (Å²) in [7, 11) is 0. The summed E-state index contributed by atoms with van der Waals surface area (Å²) < 4.78 is 28.0. The molecule has 3 heteroatoms. The molecule has 0 amide bonds. The fraction of sp³-hybridized carbons (Fsp3) is 0.579. The van der Waals surface area contributed by atoms with Gasteiger partial charge >= 0.3 is 5.92 Å². The third kappa shape index (κ3) is 2.83. The Morgan fingerprint density at radius 2 is 1.91 bits per heavy atom. The van der Waals surface area contributed by atoms with Crippen molar-refractivity contribution in [2.75, 3.05) is 0 Å². The SMILES string of the molecule is CCCC1CCC(c2ccc3c(c2)C=CC(O)C3(F)F)CC1. The van der Waals surface area contributed by atoms with Gasteiger partial charge in [0.1, 0.15) is 6.10 Å². The molecule has 2 aliphatic rings. The number of aliphatic hydroxyl groups excluding tert-OH is 1. The van der Waals surface area contributed by atoms with E-state index in [-0.39, 0.29) is 5.56 Å². The molecule has 0 saturated heterocycles. The highest BCUT2D eigenvalue weighted by Gasteiger charge is 2.42. The Balaban J connectivity index is 1.77. The zero-order valence-corrected chi connectivity index (χ0v) is 13.1. The molecule has 2 aliphatic carbocycles. The third-order valence-electron chi connectivity index (χ3n) is 5.28. The van der Waals surface area contributed by atoms with Crippen molar-refractivity contribution in [1.82, 2.24) is 0 Å². The van der Waals surface area contributed by atoms with E-state index in [0.29, 0.717) is 11.5 Å². The Labute approximate surface area is 131 Å². The highest BCUT2D eigenvalue weighted by atomic mass is 19.3. The molecule has 120 valence electrons. The average Bonchev–Trinajstić information content (AvgIpc) is 2.52. The number of fused-ring (bicyclic) bond motifs is 1. The number of hydrogen-bond donors (Lipinski definition) is 1. The molecule has 0 bridgehead atoms. The normalized spacial score (nSPS) is 30.1. The van der Waals surface area contributed by atoms with E-state index >= 15 is 0 Å². The molecule has 0 aliphatic heterocycles. The molecule has 3 rings (SSSR count). The van der Waals surface area contributed by atoms with Crippen LogP contribution in [-0.4, -0.2) is 11.2 Å². The van der Waals surface area contributed by atoms with Crippen LogP contribution in [0.3, 0.4) is 0 Å². The lowest BCUT2D eigenvalue weighted by atomic mass is 9.76. The van der Waals surface area contributed by atoms with Crippen molar-refractivity contribution in [1.29, 1.82) is 0 Å². The van der Waals surface area contributed by atoms with Gasteiger partial charge in [0.15, 0.2) is 0 Å². The Hall–Kier alpha value is -1.22. The van der Waals surface area contributed by atoms with Gasteiger partial charge in [0, 0.05) is 5.56 Å². The van der Waals surface area contributed by atoms with Crippen LogP contribution in [0.2, 0.25) is 0 Å². The van der Waals surface area contributed by atoms with Crippen molar-refractivity contribution in [2.45, 2.75) is 63.4 Å². The van der Waals surface area contributed by atoms with Crippen LogP contribution in [-0.2, 0) is 5.92 Å². The van der Waals surface area contributed by atoms with Gasteiger partial charge in [0.2, 0.25) is 0 Å². The first-order valence-corrected chi connectivity index (χ1v) is 8.41. The summed E-state index contributed by atoms with van der Waals surface area (Å²) >= 11 is 0. The molecule has 1 nitrogen and oxygen atoms in total. The molecule has 1 saturated carbocycles. The van der Waals surface area contributed by atoms with Gasteiger partial charge in [-0.1, -0.05) is 44.0 Å². The van der Waals surface area contributed by atoms with Gasteiger partial charge in [-0.2, -0.15) is 8.78 Å². The van der Waals surface area contributed by atoms with E-state index in [4.69, 9.17) is 0 Å². The molecule has 1 aromatic carbocycles. The quantitative estimate of drug-likeness (QED) is 0.809. The van der Waals surface area contributed by atoms with Gasteiger partial charge in [-0.3, -0.25) is 0 Å². The minimum absolute atomic E-state index is 0.0501. The maximum Gasteiger partial charge on any atom is 0.302 e. The fourth-order valence-corrected chi connectivity index (χ4v) is 3.94. The molecule has 1 unspecified atom stereocenters. The van der Waals surface area contributed by atoms with Gasteiger partial charge in [-0.05, 0) is 54.7 Å². The van der Waals surface area contributed by atoms with E-state index in [1.807, 2.05) is 12.1 Å². The van der Waals surface area contributed by atoms with Crippen LogP contribution in [0.1, 0.15) is 68.1 Å². The summed E-state index contributed by atoms with van der Waals surface area (Å²) in [5.41, 5.74) is 1.68. The number of alkyl halides is 2. The van der Waals surface area contributed by atoms with Crippen molar-refractivity contribution in [2.24, 2.45) is 5.92 Å². The van der Waals surface area contributed by atoms with Crippen LogP contribution in [0.5, 0.6) is 0 Å². The van der Waals surface area contributed by atoms with Gasteiger partial charge < -0.3 is 5.11 Å². The van der Waals surface area contributed by atoms with Crippen LogP contribution in [0.4, 0.5) is 8.78 Å². The third-order valence-corrected chi connectivity index (χ3v) is 5.28. The Kier molecular flexibility index (Phi) is 4.35. The monoisotopic (exact) mass is 306 g/mol. The zero-order chi connectivity index (χ0) is 15.7. The van der Waals surface area contributed by atoms with E-state index in [9.17, 15) is 13.9 Å². The number of halogens is 2. The topological polar surface area (TPSA) is 20.2 Å². The Morgan fingerprint density at radius 3 is 2.59 bits per heavy atom. The largest absolute Gasteiger partial charge is 0.382 e. The number of benzene rings is 1. The average molecular weight is 306 g/mol. The highest BCUT2D eigenvalue weighted by Crippen LogP contribution is 2.42. The van der Waals surface area contributed by atoms with Gasteiger partial charge in [0.05, 0.1) is 0 Å². The highest BCUT2D eigenvalue weighted by molar-refractivity contribution is 5.60. The van der Waals surface area contributed by atoms with Crippen molar-refractivity contribution < 1.29 is 13.9 Å². The number of rotatable bonds is 3. The number of hydrogen-bond acceptors (Lipinski definition) is 1. The fourth-order valence-electron chi connectivity index (χ4n) is 3.94. The summed E-state index contributed by atoms with van der Waals surface area (Å²) in [6.07, 6.45) is 8.49. The second-order valence-corrected chi connectivity index (χ2v) is 6.78. The molecule has 22 heavy (non-hydrogen) atoms. The molecule has 1 aromatic rings. The first kappa shape index (κ1) is 15.7.